The van der Waals surface area contributed by atoms with Crippen molar-refractivity contribution in [1.29, 1.82) is 0 Å². The van der Waals surface area contributed by atoms with E-state index < -0.39 is 0 Å². The number of pyridine rings is 1. The number of aryl methyl sites for hydroxylation is 1. The van der Waals surface area contributed by atoms with E-state index in [9.17, 15) is 4.79 Å². The molecule has 0 N–H and O–H groups in total. The van der Waals surface area contributed by atoms with Crippen molar-refractivity contribution in [3.8, 4) is 0 Å². The Hall–Kier alpha value is -1.19. The highest BCUT2D eigenvalue weighted by Crippen LogP contribution is 2.10. The van der Waals surface area contributed by atoms with Gasteiger partial charge in [-0.05, 0) is 11.4 Å². The third kappa shape index (κ3) is 3.43. The van der Waals surface area contributed by atoms with Gasteiger partial charge in [0.1, 0.15) is 0 Å². The van der Waals surface area contributed by atoms with Gasteiger partial charge < -0.3 is 12.4 Å². The van der Waals surface area contributed by atoms with Gasteiger partial charge in [0.05, 0.1) is 11.3 Å². The summed E-state index contributed by atoms with van der Waals surface area (Å²) < 4.78 is 2.02. The van der Waals surface area contributed by atoms with Crippen molar-refractivity contribution in [3.05, 3.63) is 53.0 Å². The molecule has 0 saturated heterocycles. The molecule has 0 bridgehead atoms. The Bertz CT molecular complexity index is 428. The van der Waals surface area contributed by atoms with E-state index in [0.29, 0.717) is 6.42 Å². The zero-order valence-corrected chi connectivity index (χ0v) is 10.2. The summed E-state index contributed by atoms with van der Waals surface area (Å²) in [6.07, 6.45) is 4.51. The van der Waals surface area contributed by atoms with Crippen LogP contribution in [0, 0.1) is 0 Å². The van der Waals surface area contributed by atoms with E-state index in [1.54, 1.807) is 0 Å². The summed E-state index contributed by atoms with van der Waals surface area (Å²) in [6, 6.07) is 9.69. The third-order valence-corrected chi connectivity index (χ3v) is 3.08. The van der Waals surface area contributed by atoms with Crippen LogP contribution in [0.25, 0.3) is 0 Å². The molecule has 0 atom stereocenters. The summed E-state index contributed by atoms with van der Waals surface area (Å²) in [5, 5.41) is 1.93. The Morgan fingerprint density at radius 2 is 1.94 bits per heavy atom. The van der Waals surface area contributed by atoms with Gasteiger partial charge >= 0.3 is 0 Å². The van der Waals surface area contributed by atoms with Crippen LogP contribution >= 0.6 is 11.3 Å². The first-order valence-electron chi connectivity index (χ1n) is 4.87. The molecule has 2 heterocycles. The molecule has 0 saturated carbocycles. The SMILES string of the molecule is O=C(CC[n+]1ccccc1)c1cccs1.[Cl-]. The van der Waals surface area contributed by atoms with Crippen LogP contribution in [0.5, 0.6) is 0 Å². The zero-order valence-electron chi connectivity index (χ0n) is 8.67. The van der Waals surface area contributed by atoms with Gasteiger partial charge in [0.2, 0.25) is 0 Å². The molecule has 0 aliphatic rings. The van der Waals surface area contributed by atoms with Crippen molar-refractivity contribution >= 4 is 17.1 Å². The van der Waals surface area contributed by atoms with Crippen molar-refractivity contribution in [2.45, 2.75) is 13.0 Å². The lowest BCUT2D eigenvalue weighted by atomic mass is 10.2. The van der Waals surface area contributed by atoms with E-state index >= 15 is 0 Å². The van der Waals surface area contributed by atoms with Crippen LogP contribution in [0.4, 0.5) is 0 Å². The smallest absolute Gasteiger partial charge is 0.179 e. The standard InChI is InChI=1S/C12H12NOS.ClH/c14-11(12-5-4-10-15-12)6-9-13-7-2-1-3-8-13;/h1-5,7-8,10H,6,9H2;1H/q+1;/p-1. The molecule has 84 valence electrons. The normalized spacial score (nSPS) is 9.50. The molecule has 4 heteroatoms. The molecule has 0 aromatic carbocycles. The number of hydrogen-bond acceptors (Lipinski definition) is 2. The fourth-order valence-corrected chi connectivity index (χ4v) is 2.07. The van der Waals surface area contributed by atoms with E-state index in [4.69, 9.17) is 0 Å². The molecule has 16 heavy (non-hydrogen) atoms. The molecule has 0 fully saturated rings. The Morgan fingerprint density at radius 1 is 1.19 bits per heavy atom. The third-order valence-electron chi connectivity index (χ3n) is 2.17. The number of ketones is 1. The maximum atomic E-state index is 11.7. The second-order valence-corrected chi connectivity index (χ2v) is 4.21. The molecule has 0 aliphatic carbocycles. The maximum Gasteiger partial charge on any atom is 0.179 e. The van der Waals surface area contributed by atoms with E-state index in [1.807, 2.05) is 52.7 Å². The molecule has 0 aliphatic heterocycles. The van der Waals surface area contributed by atoms with Crippen LogP contribution in [-0.4, -0.2) is 5.78 Å². The van der Waals surface area contributed by atoms with Gasteiger partial charge in [-0.2, -0.15) is 0 Å². The summed E-state index contributed by atoms with van der Waals surface area (Å²) in [5.74, 6) is 0.223. The lowest BCUT2D eigenvalue weighted by Gasteiger charge is -1.95. The number of thiophene rings is 1. The first-order chi connectivity index (χ1) is 7.36. The van der Waals surface area contributed by atoms with Gasteiger partial charge in [-0.3, -0.25) is 4.79 Å². The van der Waals surface area contributed by atoms with Gasteiger partial charge in [0.25, 0.3) is 0 Å². The predicted octanol–water partition coefficient (Wildman–Crippen LogP) is -0.687. The van der Waals surface area contributed by atoms with Crippen LogP contribution in [0.3, 0.4) is 0 Å². The molecule has 2 aromatic heterocycles. The average Bonchev–Trinajstić information content (AvgIpc) is 2.81. The number of Topliss-reactive ketones (excluding diaryl/α,β-unsaturated/α-hetero) is 1. The molecule has 0 radical (unpaired) electrons. The summed E-state index contributed by atoms with van der Waals surface area (Å²) >= 11 is 1.51. The Labute approximate surface area is 105 Å². The topological polar surface area (TPSA) is 20.9 Å². The molecule has 2 rings (SSSR count). The number of carbonyl (C=O) groups excluding carboxylic acids is 1. The van der Waals surface area contributed by atoms with Crippen molar-refractivity contribution in [3.63, 3.8) is 0 Å². The molecule has 2 aromatic rings. The number of rotatable bonds is 4. The van der Waals surface area contributed by atoms with Crippen molar-refractivity contribution < 1.29 is 21.8 Å². The summed E-state index contributed by atoms with van der Waals surface area (Å²) in [7, 11) is 0. The lowest BCUT2D eigenvalue weighted by Crippen LogP contribution is -3.00. The Balaban J connectivity index is 0.00000128. The van der Waals surface area contributed by atoms with Crippen molar-refractivity contribution in [2.75, 3.05) is 0 Å². The number of aromatic nitrogens is 1. The highest BCUT2D eigenvalue weighted by Gasteiger charge is 2.09. The van der Waals surface area contributed by atoms with Gasteiger partial charge in [-0.25, -0.2) is 4.57 Å². The van der Waals surface area contributed by atoms with Gasteiger partial charge in [-0.1, -0.05) is 12.1 Å². The van der Waals surface area contributed by atoms with Gasteiger partial charge in [0, 0.05) is 12.1 Å². The fourth-order valence-electron chi connectivity index (χ4n) is 1.37. The second-order valence-electron chi connectivity index (χ2n) is 3.26. The quantitative estimate of drug-likeness (QED) is 0.522. The summed E-state index contributed by atoms with van der Waals surface area (Å²) in [6.45, 7) is 0.748. The van der Waals surface area contributed by atoms with Gasteiger partial charge in [-0.15, -0.1) is 11.3 Å². The van der Waals surface area contributed by atoms with Crippen molar-refractivity contribution in [1.82, 2.24) is 0 Å². The van der Waals surface area contributed by atoms with E-state index in [0.717, 1.165) is 11.4 Å². The summed E-state index contributed by atoms with van der Waals surface area (Å²) in [5.41, 5.74) is 0. The Morgan fingerprint density at radius 3 is 2.56 bits per heavy atom. The Kier molecular flexibility index (Phi) is 5.15. The highest BCUT2D eigenvalue weighted by atomic mass is 35.5. The van der Waals surface area contributed by atoms with Crippen LogP contribution in [0.2, 0.25) is 0 Å². The van der Waals surface area contributed by atoms with Crippen LogP contribution in [0.15, 0.2) is 48.1 Å². The van der Waals surface area contributed by atoms with E-state index in [1.165, 1.54) is 11.3 Å². The molecule has 2 nitrogen and oxygen atoms in total. The maximum absolute atomic E-state index is 11.7. The molecule has 0 unspecified atom stereocenters. The number of carbonyl (C=O) groups is 1. The lowest BCUT2D eigenvalue weighted by molar-refractivity contribution is -0.695. The number of halogens is 1. The van der Waals surface area contributed by atoms with Crippen LogP contribution in [-0.2, 0) is 6.54 Å². The monoisotopic (exact) mass is 253 g/mol. The fraction of sp³-hybridized carbons (Fsp3) is 0.167. The summed E-state index contributed by atoms with van der Waals surface area (Å²) in [4.78, 5) is 12.5. The van der Waals surface area contributed by atoms with E-state index in [-0.39, 0.29) is 18.2 Å². The highest BCUT2D eigenvalue weighted by molar-refractivity contribution is 7.12. The van der Waals surface area contributed by atoms with Crippen molar-refractivity contribution in [2.24, 2.45) is 0 Å². The minimum Gasteiger partial charge on any atom is -1.00 e. The van der Waals surface area contributed by atoms with Gasteiger partial charge in [0.15, 0.2) is 24.7 Å². The number of nitrogens with zero attached hydrogens (tertiary/aromatic N) is 1. The minimum absolute atomic E-state index is 0. The first kappa shape index (κ1) is 12.9. The molecule has 0 amide bonds. The molecule has 0 spiro atoms. The largest absolute Gasteiger partial charge is 1.00 e. The van der Waals surface area contributed by atoms with Crippen LogP contribution in [0.1, 0.15) is 16.1 Å². The minimum atomic E-state index is 0. The second kappa shape index (κ2) is 6.40. The zero-order chi connectivity index (χ0) is 10.5. The number of hydrogen-bond donors (Lipinski definition) is 0. The average molecular weight is 254 g/mol. The molecular weight excluding hydrogens is 242 g/mol. The van der Waals surface area contributed by atoms with Crippen LogP contribution < -0.4 is 17.0 Å². The molecular formula is C12H12ClNOS. The first-order valence-corrected chi connectivity index (χ1v) is 5.75. The van der Waals surface area contributed by atoms with E-state index in [2.05, 4.69) is 0 Å². The predicted molar refractivity (Wildman–Crippen MR) is 59.9 cm³/mol.